The minimum Gasteiger partial charge on any atom is -0.465 e. The van der Waals surface area contributed by atoms with Gasteiger partial charge in [0.1, 0.15) is 5.00 Å². The van der Waals surface area contributed by atoms with Crippen LogP contribution >= 0.6 is 11.3 Å². The maximum absolute atomic E-state index is 12.4. The van der Waals surface area contributed by atoms with Gasteiger partial charge in [0.25, 0.3) is 0 Å². The zero-order chi connectivity index (χ0) is 18.4. The minimum atomic E-state index is -0.370. The summed E-state index contributed by atoms with van der Waals surface area (Å²) >= 11 is 1.51. The SMILES string of the molecule is COC(=O)c1c(NC(=O)/C=C\c2ccccc2)sc2c1CCCCCC2. The number of fused-ring (bicyclic) bond motifs is 1. The van der Waals surface area contributed by atoms with Crippen molar-refractivity contribution in [1.29, 1.82) is 0 Å². The molecular weight excluding hydrogens is 346 g/mol. The molecule has 2 aromatic rings. The molecule has 0 aliphatic heterocycles. The molecule has 0 atom stereocenters. The van der Waals surface area contributed by atoms with Gasteiger partial charge in [-0.15, -0.1) is 11.3 Å². The molecule has 0 saturated carbocycles. The topological polar surface area (TPSA) is 55.4 Å². The van der Waals surface area contributed by atoms with Crippen LogP contribution in [0.25, 0.3) is 6.08 Å². The second-order valence-corrected chi connectivity index (χ2v) is 7.45. The van der Waals surface area contributed by atoms with Gasteiger partial charge < -0.3 is 10.1 Å². The number of anilines is 1. The number of hydrogen-bond acceptors (Lipinski definition) is 4. The summed E-state index contributed by atoms with van der Waals surface area (Å²) in [6, 6.07) is 9.64. The molecule has 5 heteroatoms. The second kappa shape index (κ2) is 8.81. The Bertz CT molecular complexity index is 808. The maximum atomic E-state index is 12.4. The van der Waals surface area contributed by atoms with E-state index in [4.69, 9.17) is 4.74 Å². The lowest BCUT2D eigenvalue weighted by Crippen LogP contribution is -2.12. The molecule has 0 spiro atoms. The Morgan fingerprint density at radius 1 is 1.08 bits per heavy atom. The van der Waals surface area contributed by atoms with E-state index in [1.165, 1.54) is 42.2 Å². The van der Waals surface area contributed by atoms with Gasteiger partial charge in [-0.05, 0) is 42.9 Å². The number of rotatable bonds is 4. The molecule has 1 aliphatic rings. The fourth-order valence-electron chi connectivity index (χ4n) is 3.22. The largest absolute Gasteiger partial charge is 0.465 e. The molecule has 1 aromatic carbocycles. The van der Waals surface area contributed by atoms with Crippen molar-refractivity contribution in [3.8, 4) is 0 Å². The van der Waals surface area contributed by atoms with Crippen molar-refractivity contribution >= 4 is 34.3 Å². The van der Waals surface area contributed by atoms with E-state index < -0.39 is 0 Å². The highest BCUT2D eigenvalue weighted by Crippen LogP contribution is 2.37. The Hall–Kier alpha value is -2.40. The molecule has 0 bridgehead atoms. The van der Waals surface area contributed by atoms with Crippen LogP contribution in [0.2, 0.25) is 0 Å². The molecule has 0 unspecified atom stereocenters. The van der Waals surface area contributed by atoms with Gasteiger partial charge in [0.05, 0.1) is 12.7 Å². The van der Waals surface area contributed by atoms with Crippen LogP contribution in [0.15, 0.2) is 36.4 Å². The number of esters is 1. The van der Waals surface area contributed by atoms with Crippen LogP contribution in [0.3, 0.4) is 0 Å². The van der Waals surface area contributed by atoms with Gasteiger partial charge >= 0.3 is 5.97 Å². The molecule has 1 heterocycles. The van der Waals surface area contributed by atoms with Crippen LogP contribution in [0, 0.1) is 0 Å². The zero-order valence-corrected chi connectivity index (χ0v) is 15.7. The first kappa shape index (κ1) is 18.4. The third kappa shape index (κ3) is 4.41. The number of aryl methyl sites for hydroxylation is 1. The van der Waals surface area contributed by atoms with Crippen LogP contribution < -0.4 is 5.32 Å². The molecule has 1 aliphatic carbocycles. The lowest BCUT2D eigenvalue weighted by Gasteiger charge is -2.10. The average Bonchev–Trinajstić information content (AvgIpc) is 2.96. The number of nitrogens with one attached hydrogen (secondary N) is 1. The third-order valence-corrected chi connectivity index (χ3v) is 5.73. The summed E-state index contributed by atoms with van der Waals surface area (Å²) < 4.78 is 4.98. The molecule has 136 valence electrons. The number of ether oxygens (including phenoxy) is 1. The Labute approximate surface area is 157 Å². The number of benzene rings is 1. The first-order chi connectivity index (χ1) is 12.7. The molecule has 0 saturated heterocycles. The van der Waals surface area contributed by atoms with E-state index in [0.29, 0.717) is 10.6 Å². The zero-order valence-electron chi connectivity index (χ0n) is 14.9. The number of hydrogen-bond donors (Lipinski definition) is 1. The Morgan fingerprint density at radius 2 is 1.81 bits per heavy atom. The van der Waals surface area contributed by atoms with Crippen molar-refractivity contribution in [3.05, 3.63) is 58.0 Å². The predicted molar refractivity (Wildman–Crippen MR) is 106 cm³/mol. The molecular formula is C21H23NO3S. The van der Waals surface area contributed by atoms with Gasteiger partial charge in [-0.3, -0.25) is 4.79 Å². The lowest BCUT2D eigenvalue weighted by molar-refractivity contribution is -0.111. The molecule has 1 aromatic heterocycles. The highest BCUT2D eigenvalue weighted by Gasteiger charge is 2.25. The van der Waals surface area contributed by atoms with Crippen LogP contribution in [-0.4, -0.2) is 19.0 Å². The van der Waals surface area contributed by atoms with Gasteiger partial charge in [0.2, 0.25) is 5.91 Å². The van der Waals surface area contributed by atoms with Crippen molar-refractivity contribution in [2.75, 3.05) is 12.4 Å². The van der Waals surface area contributed by atoms with Crippen molar-refractivity contribution in [2.24, 2.45) is 0 Å². The van der Waals surface area contributed by atoms with Gasteiger partial charge in [-0.25, -0.2) is 4.79 Å². The van der Waals surface area contributed by atoms with Crippen molar-refractivity contribution < 1.29 is 14.3 Å². The van der Waals surface area contributed by atoms with E-state index in [1.807, 2.05) is 30.3 Å². The predicted octanol–water partition coefficient (Wildman–Crippen LogP) is 4.85. The molecule has 0 fully saturated rings. The van der Waals surface area contributed by atoms with E-state index in [2.05, 4.69) is 5.32 Å². The molecule has 0 radical (unpaired) electrons. The smallest absolute Gasteiger partial charge is 0.341 e. The summed E-state index contributed by atoms with van der Waals surface area (Å²) in [7, 11) is 1.39. The summed E-state index contributed by atoms with van der Waals surface area (Å²) in [5.74, 6) is -0.612. The van der Waals surface area contributed by atoms with E-state index in [-0.39, 0.29) is 11.9 Å². The number of carbonyl (C=O) groups excluding carboxylic acids is 2. The first-order valence-electron chi connectivity index (χ1n) is 8.96. The summed E-state index contributed by atoms with van der Waals surface area (Å²) in [6.45, 7) is 0. The summed E-state index contributed by atoms with van der Waals surface area (Å²) in [5, 5.41) is 3.49. The van der Waals surface area contributed by atoms with E-state index in [1.54, 1.807) is 6.08 Å². The molecule has 4 nitrogen and oxygen atoms in total. The van der Waals surface area contributed by atoms with Crippen LogP contribution in [0.5, 0.6) is 0 Å². The van der Waals surface area contributed by atoms with Gasteiger partial charge in [-0.1, -0.05) is 43.2 Å². The van der Waals surface area contributed by atoms with Gasteiger partial charge in [-0.2, -0.15) is 0 Å². The standard InChI is InChI=1S/C21H23NO3S/c1-25-21(24)19-16-11-7-2-3-8-12-17(16)26-20(19)22-18(23)14-13-15-9-5-4-6-10-15/h4-6,9-10,13-14H,2-3,7-8,11-12H2,1H3,(H,22,23)/b14-13-. The maximum Gasteiger partial charge on any atom is 0.341 e. The van der Waals surface area contributed by atoms with Gasteiger partial charge in [0, 0.05) is 11.0 Å². The number of thiophene rings is 1. The summed E-state index contributed by atoms with van der Waals surface area (Å²) in [4.78, 5) is 25.9. The third-order valence-electron chi connectivity index (χ3n) is 4.52. The fraction of sp³-hybridized carbons (Fsp3) is 0.333. The lowest BCUT2D eigenvalue weighted by atomic mass is 9.96. The molecule has 1 amide bonds. The van der Waals surface area contributed by atoms with Gasteiger partial charge in [0.15, 0.2) is 0 Å². The summed E-state index contributed by atoms with van der Waals surface area (Å²) in [5.41, 5.74) is 2.55. The van der Waals surface area contributed by atoms with Crippen LogP contribution in [0.1, 0.15) is 52.0 Å². The van der Waals surface area contributed by atoms with Crippen LogP contribution in [0.4, 0.5) is 5.00 Å². The molecule has 1 N–H and O–H groups in total. The Balaban J connectivity index is 1.84. The quantitative estimate of drug-likeness (QED) is 0.619. The average molecular weight is 369 g/mol. The molecule has 26 heavy (non-hydrogen) atoms. The Kier molecular flexibility index (Phi) is 6.23. The second-order valence-electron chi connectivity index (χ2n) is 6.35. The monoisotopic (exact) mass is 369 g/mol. The number of amides is 1. The highest BCUT2D eigenvalue weighted by molar-refractivity contribution is 7.17. The van der Waals surface area contributed by atoms with Crippen molar-refractivity contribution in [2.45, 2.75) is 38.5 Å². The fourth-order valence-corrected chi connectivity index (χ4v) is 4.50. The molecule has 3 rings (SSSR count). The highest BCUT2D eigenvalue weighted by atomic mass is 32.1. The number of methoxy groups -OCH3 is 1. The first-order valence-corrected chi connectivity index (χ1v) is 9.77. The minimum absolute atomic E-state index is 0.242. The Morgan fingerprint density at radius 3 is 2.54 bits per heavy atom. The van der Waals surface area contributed by atoms with Crippen LogP contribution in [-0.2, 0) is 22.4 Å². The normalized spacial score (nSPS) is 14.3. The summed E-state index contributed by atoms with van der Waals surface area (Å²) in [6.07, 6.45) is 9.66. The van der Waals surface area contributed by atoms with E-state index in [0.717, 1.165) is 36.8 Å². The van der Waals surface area contributed by atoms with E-state index in [9.17, 15) is 9.59 Å². The number of carbonyl (C=O) groups is 2. The van der Waals surface area contributed by atoms with Crippen molar-refractivity contribution in [1.82, 2.24) is 0 Å². The van der Waals surface area contributed by atoms with Crippen molar-refractivity contribution in [3.63, 3.8) is 0 Å². The van der Waals surface area contributed by atoms with E-state index >= 15 is 0 Å².